The highest BCUT2D eigenvalue weighted by Crippen LogP contribution is 2.27. The first-order chi connectivity index (χ1) is 15.6. The Morgan fingerprint density at radius 1 is 1.25 bits per heavy atom. The number of hydrogen-bond donors (Lipinski definition) is 0. The molecule has 8 heteroatoms. The van der Waals surface area contributed by atoms with E-state index in [1.165, 1.54) is 4.80 Å². The maximum Gasteiger partial charge on any atom is 0.256 e. The first kappa shape index (κ1) is 21.2. The minimum Gasteiger partial charge on any atom is -0.348 e. The number of anilines is 1. The third-order valence-electron chi connectivity index (χ3n) is 5.82. The number of pyridine rings is 1. The lowest BCUT2D eigenvalue weighted by molar-refractivity contribution is 0.0608. The summed E-state index contributed by atoms with van der Waals surface area (Å²) in [6.45, 7) is 7.10. The van der Waals surface area contributed by atoms with Crippen LogP contribution < -0.4 is 4.90 Å². The normalized spacial score (nSPS) is 18.1. The van der Waals surface area contributed by atoms with Gasteiger partial charge in [0.05, 0.1) is 35.3 Å². The van der Waals surface area contributed by atoms with Crippen molar-refractivity contribution in [2.45, 2.75) is 31.8 Å². The standard InChI is InChI=1S/C24H25N7O/c1-3-14-29(23-15-19(16-25)10-11-26-23)20-9-8-18(2)30(17-20)24(32)21-6-4-5-7-22(21)31-27-12-13-28-31/h3-7,10-13,15,18,20H,1,8-9,14,17H2,2H3/t18-,20-/m1/s1. The number of benzene rings is 1. The van der Waals surface area contributed by atoms with Crippen LogP contribution in [0.1, 0.15) is 35.7 Å². The van der Waals surface area contributed by atoms with Crippen LogP contribution in [-0.4, -0.2) is 56.0 Å². The van der Waals surface area contributed by atoms with Crippen LogP contribution in [0.15, 0.2) is 67.6 Å². The summed E-state index contributed by atoms with van der Waals surface area (Å²) < 4.78 is 0. The van der Waals surface area contributed by atoms with Gasteiger partial charge in [-0.05, 0) is 44.0 Å². The molecule has 1 aliphatic heterocycles. The van der Waals surface area contributed by atoms with Crippen molar-refractivity contribution in [3.8, 4) is 11.8 Å². The molecule has 1 amide bonds. The molecule has 162 valence electrons. The number of rotatable bonds is 6. The Hall–Kier alpha value is -3.99. The molecule has 0 radical (unpaired) electrons. The minimum atomic E-state index is -0.0487. The number of likely N-dealkylation sites (tertiary alicyclic amines) is 1. The van der Waals surface area contributed by atoms with Crippen LogP contribution in [-0.2, 0) is 0 Å². The van der Waals surface area contributed by atoms with Crippen molar-refractivity contribution in [2.24, 2.45) is 0 Å². The third-order valence-corrected chi connectivity index (χ3v) is 5.82. The van der Waals surface area contributed by atoms with E-state index >= 15 is 0 Å². The van der Waals surface area contributed by atoms with Crippen molar-refractivity contribution in [1.82, 2.24) is 24.9 Å². The number of carbonyl (C=O) groups excluding carboxylic acids is 1. The number of nitrogens with zero attached hydrogens (tertiary/aromatic N) is 7. The SMILES string of the molecule is C=CCN(c1cc(C#N)ccn1)[C@@H]1CC[C@@H](C)N(C(=O)c2ccccc2-n2nccn2)C1. The average Bonchev–Trinajstić information content (AvgIpc) is 3.37. The van der Waals surface area contributed by atoms with E-state index in [4.69, 9.17) is 0 Å². The highest BCUT2D eigenvalue weighted by Gasteiger charge is 2.34. The molecule has 0 spiro atoms. The molecule has 1 aliphatic rings. The van der Waals surface area contributed by atoms with Crippen molar-refractivity contribution in [1.29, 1.82) is 5.26 Å². The van der Waals surface area contributed by atoms with Crippen molar-refractivity contribution in [2.75, 3.05) is 18.0 Å². The van der Waals surface area contributed by atoms with Gasteiger partial charge in [0.1, 0.15) is 5.82 Å². The van der Waals surface area contributed by atoms with Gasteiger partial charge in [0.15, 0.2) is 0 Å². The monoisotopic (exact) mass is 427 g/mol. The summed E-state index contributed by atoms with van der Waals surface area (Å²) in [7, 11) is 0. The van der Waals surface area contributed by atoms with Gasteiger partial charge < -0.3 is 9.80 Å². The Bertz CT molecular complexity index is 1140. The molecule has 4 rings (SSSR count). The quantitative estimate of drug-likeness (QED) is 0.561. The first-order valence-corrected chi connectivity index (χ1v) is 10.6. The van der Waals surface area contributed by atoms with E-state index in [1.54, 1.807) is 30.7 Å². The zero-order chi connectivity index (χ0) is 22.5. The van der Waals surface area contributed by atoms with Gasteiger partial charge in [0, 0.05) is 31.4 Å². The first-order valence-electron chi connectivity index (χ1n) is 10.6. The van der Waals surface area contributed by atoms with Crippen molar-refractivity contribution in [3.05, 3.63) is 78.8 Å². The van der Waals surface area contributed by atoms with E-state index in [0.29, 0.717) is 29.9 Å². The molecule has 1 saturated heterocycles. The van der Waals surface area contributed by atoms with Gasteiger partial charge >= 0.3 is 0 Å². The molecular weight excluding hydrogens is 402 g/mol. The maximum atomic E-state index is 13.6. The maximum absolute atomic E-state index is 13.6. The fourth-order valence-electron chi connectivity index (χ4n) is 4.16. The molecule has 0 N–H and O–H groups in total. The molecule has 3 heterocycles. The highest BCUT2D eigenvalue weighted by atomic mass is 16.2. The summed E-state index contributed by atoms with van der Waals surface area (Å²) in [4.78, 5) is 23.6. The molecule has 0 aliphatic carbocycles. The Morgan fingerprint density at radius 3 is 2.78 bits per heavy atom. The van der Waals surface area contributed by atoms with E-state index in [9.17, 15) is 10.1 Å². The Balaban J connectivity index is 1.63. The van der Waals surface area contributed by atoms with Gasteiger partial charge in [-0.3, -0.25) is 4.79 Å². The number of aromatic nitrogens is 4. The lowest BCUT2D eigenvalue weighted by atomic mass is 9.96. The predicted octanol–water partition coefficient (Wildman–Crippen LogP) is 3.22. The van der Waals surface area contributed by atoms with Gasteiger partial charge in [-0.25, -0.2) is 4.98 Å². The van der Waals surface area contributed by atoms with Gasteiger partial charge in [-0.1, -0.05) is 18.2 Å². The van der Waals surface area contributed by atoms with Crippen molar-refractivity contribution < 1.29 is 4.79 Å². The predicted molar refractivity (Wildman–Crippen MR) is 121 cm³/mol. The van der Waals surface area contributed by atoms with Crippen LogP contribution in [0.5, 0.6) is 0 Å². The molecule has 0 saturated carbocycles. The summed E-state index contributed by atoms with van der Waals surface area (Å²) in [5, 5.41) is 17.7. The molecule has 2 aromatic heterocycles. The summed E-state index contributed by atoms with van der Waals surface area (Å²) in [5.41, 5.74) is 1.78. The van der Waals surface area contributed by atoms with Crippen LogP contribution in [0.2, 0.25) is 0 Å². The molecule has 1 aromatic carbocycles. The van der Waals surface area contributed by atoms with Crippen LogP contribution >= 0.6 is 0 Å². The molecule has 1 fully saturated rings. The second-order valence-corrected chi connectivity index (χ2v) is 7.83. The number of carbonyl (C=O) groups is 1. The van der Waals surface area contributed by atoms with Gasteiger partial charge in [0.2, 0.25) is 0 Å². The Labute approximate surface area is 187 Å². The highest BCUT2D eigenvalue weighted by molar-refractivity contribution is 5.98. The summed E-state index contributed by atoms with van der Waals surface area (Å²) in [6, 6.07) is 13.2. The summed E-state index contributed by atoms with van der Waals surface area (Å²) >= 11 is 0. The van der Waals surface area contributed by atoms with E-state index in [1.807, 2.05) is 35.2 Å². The molecule has 32 heavy (non-hydrogen) atoms. The van der Waals surface area contributed by atoms with E-state index in [2.05, 4.69) is 39.7 Å². The van der Waals surface area contributed by atoms with Gasteiger partial charge in [-0.2, -0.15) is 20.3 Å². The second-order valence-electron chi connectivity index (χ2n) is 7.83. The summed E-state index contributed by atoms with van der Waals surface area (Å²) in [6.07, 6.45) is 8.44. The molecule has 0 bridgehead atoms. The smallest absolute Gasteiger partial charge is 0.256 e. The summed E-state index contributed by atoms with van der Waals surface area (Å²) in [5.74, 6) is 0.671. The van der Waals surface area contributed by atoms with Crippen molar-refractivity contribution in [3.63, 3.8) is 0 Å². The molecule has 0 unspecified atom stereocenters. The molecule has 3 aromatic rings. The average molecular weight is 428 g/mol. The topological polar surface area (TPSA) is 90.9 Å². The number of para-hydroxylation sites is 1. The number of piperidine rings is 1. The second kappa shape index (κ2) is 9.43. The van der Waals surface area contributed by atoms with Crippen LogP contribution in [0.25, 0.3) is 5.69 Å². The molecule has 2 atom stereocenters. The van der Waals surface area contributed by atoms with Crippen LogP contribution in [0.3, 0.4) is 0 Å². The minimum absolute atomic E-state index is 0.0487. The van der Waals surface area contributed by atoms with Gasteiger partial charge in [0.25, 0.3) is 5.91 Å². The lowest BCUT2D eigenvalue weighted by Gasteiger charge is -2.43. The van der Waals surface area contributed by atoms with Gasteiger partial charge in [-0.15, -0.1) is 6.58 Å². The van der Waals surface area contributed by atoms with Crippen LogP contribution in [0.4, 0.5) is 5.82 Å². The fraction of sp³-hybridized carbons (Fsp3) is 0.292. The third kappa shape index (κ3) is 4.23. The number of hydrogen-bond acceptors (Lipinski definition) is 6. The van der Waals surface area contributed by atoms with Crippen LogP contribution in [0, 0.1) is 11.3 Å². The fourth-order valence-corrected chi connectivity index (χ4v) is 4.16. The van der Waals surface area contributed by atoms with E-state index in [0.717, 1.165) is 18.7 Å². The Kier molecular flexibility index (Phi) is 6.26. The lowest BCUT2D eigenvalue weighted by Crippen LogP contribution is -2.53. The zero-order valence-corrected chi connectivity index (χ0v) is 18.0. The van der Waals surface area contributed by atoms with Crippen molar-refractivity contribution >= 4 is 11.7 Å². The van der Waals surface area contributed by atoms with E-state index < -0.39 is 0 Å². The largest absolute Gasteiger partial charge is 0.348 e. The van der Waals surface area contributed by atoms with E-state index in [-0.39, 0.29) is 18.0 Å². The molecular formula is C24H25N7O. The Morgan fingerprint density at radius 2 is 2.03 bits per heavy atom. The molecule has 8 nitrogen and oxygen atoms in total. The zero-order valence-electron chi connectivity index (χ0n) is 18.0. The number of nitriles is 1. The number of amides is 1.